The third-order valence-electron chi connectivity index (χ3n) is 12.7. The summed E-state index contributed by atoms with van der Waals surface area (Å²) in [5, 5.41) is 7.73. The average molecular weight is 780 g/mol. The molecule has 0 saturated heterocycles. The van der Waals surface area contributed by atoms with Gasteiger partial charge in [-0.1, -0.05) is 218 Å². The first kappa shape index (κ1) is 36.6. The lowest BCUT2D eigenvalue weighted by Crippen LogP contribution is -2.42. The zero-order chi connectivity index (χ0) is 40.5. The van der Waals surface area contributed by atoms with Crippen molar-refractivity contribution in [3.8, 4) is 33.4 Å². The minimum Gasteiger partial charge on any atom is -0.358 e. The van der Waals surface area contributed by atoms with Crippen LogP contribution in [0.3, 0.4) is 0 Å². The van der Waals surface area contributed by atoms with Gasteiger partial charge in [0.15, 0.2) is 0 Å². The molecule has 2 atom stereocenters. The minimum absolute atomic E-state index is 0.206. The topological polar surface area (TPSA) is 3.24 Å². The molecule has 0 bridgehead atoms. The SMILES string of the molecule is C1=CC(N(c2ccc3c(ccc4ccccc43)c2)C2C=CC(c3cccc4ccccc34)=CC2)CC=C1c1ccc(-c2cc(-c3ccccc3)ccc2-c2ccccc2)cc1. The summed E-state index contributed by atoms with van der Waals surface area (Å²) in [5.41, 5.74) is 13.7. The first-order valence-electron chi connectivity index (χ1n) is 21.5. The van der Waals surface area contributed by atoms with Crippen molar-refractivity contribution in [2.24, 2.45) is 0 Å². The summed E-state index contributed by atoms with van der Waals surface area (Å²) < 4.78 is 0. The predicted octanol–water partition coefficient (Wildman–Crippen LogP) is 15.8. The van der Waals surface area contributed by atoms with Gasteiger partial charge in [-0.05, 0) is 119 Å². The molecule has 290 valence electrons. The van der Waals surface area contributed by atoms with Crippen molar-refractivity contribution in [3.63, 3.8) is 0 Å². The third kappa shape index (κ3) is 7.09. The van der Waals surface area contributed by atoms with Gasteiger partial charge in [-0.15, -0.1) is 0 Å². The van der Waals surface area contributed by atoms with Gasteiger partial charge in [0.25, 0.3) is 0 Å². The molecule has 2 aliphatic carbocycles. The summed E-state index contributed by atoms with van der Waals surface area (Å²) in [4.78, 5) is 2.65. The number of hydrogen-bond acceptors (Lipinski definition) is 1. The molecule has 2 unspecified atom stereocenters. The van der Waals surface area contributed by atoms with Crippen LogP contribution >= 0.6 is 0 Å². The van der Waals surface area contributed by atoms with Crippen molar-refractivity contribution < 1.29 is 0 Å². The van der Waals surface area contributed by atoms with E-state index in [0.717, 1.165) is 12.8 Å². The molecule has 9 aromatic carbocycles. The second-order valence-corrected chi connectivity index (χ2v) is 16.3. The summed E-state index contributed by atoms with van der Waals surface area (Å²) in [6.07, 6.45) is 16.3. The van der Waals surface area contributed by atoms with E-state index in [1.54, 1.807) is 0 Å². The van der Waals surface area contributed by atoms with Crippen molar-refractivity contribution in [2.45, 2.75) is 24.9 Å². The molecule has 0 spiro atoms. The number of hydrogen-bond donors (Lipinski definition) is 0. The second-order valence-electron chi connectivity index (χ2n) is 16.3. The Morgan fingerprint density at radius 3 is 1.61 bits per heavy atom. The van der Waals surface area contributed by atoms with Crippen molar-refractivity contribution in [1.29, 1.82) is 0 Å². The van der Waals surface area contributed by atoms with Crippen LogP contribution in [-0.4, -0.2) is 12.1 Å². The van der Waals surface area contributed by atoms with Gasteiger partial charge < -0.3 is 4.90 Å². The van der Waals surface area contributed by atoms with Gasteiger partial charge in [-0.25, -0.2) is 0 Å². The maximum absolute atomic E-state index is 2.65. The molecule has 0 N–H and O–H groups in total. The Kier molecular flexibility index (Phi) is 9.56. The highest BCUT2D eigenvalue weighted by atomic mass is 15.2. The van der Waals surface area contributed by atoms with Crippen LogP contribution in [0, 0.1) is 0 Å². The van der Waals surface area contributed by atoms with E-state index in [0.29, 0.717) is 0 Å². The second kappa shape index (κ2) is 15.9. The molecule has 2 aliphatic rings. The fourth-order valence-corrected chi connectivity index (χ4v) is 9.62. The molecule has 0 saturated carbocycles. The van der Waals surface area contributed by atoms with Crippen LogP contribution in [0.4, 0.5) is 5.69 Å². The molecule has 0 fully saturated rings. The van der Waals surface area contributed by atoms with Crippen LogP contribution in [0.5, 0.6) is 0 Å². The van der Waals surface area contributed by atoms with E-state index in [4.69, 9.17) is 0 Å². The van der Waals surface area contributed by atoms with Crippen molar-refractivity contribution in [2.75, 3.05) is 4.90 Å². The van der Waals surface area contributed by atoms with Crippen molar-refractivity contribution in [1.82, 2.24) is 0 Å². The Balaban J connectivity index is 0.904. The van der Waals surface area contributed by atoms with E-state index in [1.807, 2.05) is 0 Å². The Hall–Kier alpha value is -7.48. The number of benzene rings is 9. The quantitative estimate of drug-likeness (QED) is 0.139. The van der Waals surface area contributed by atoms with Gasteiger partial charge in [-0.2, -0.15) is 0 Å². The van der Waals surface area contributed by atoms with Crippen LogP contribution in [0.2, 0.25) is 0 Å². The molecule has 0 heterocycles. The fraction of sp³-hybridized carbons (Fsp3) is 0.0667. The predicted molar refractivity (Wildman–Crippen MR) is 262 cm³/mol. The maximum atomic E-state index is 2.65. The molecule has 9 aromatic rings. The summed E-state index contributed by atoms with van der Waals surface area (Å²) in [6, 6.07) is 73.6. The molecule has 0 radical (unpaired) electrons. The molecule has 61 heavy (non-hydrogen) atoms. The Bertz CT molecular complexity index is 3180. The van der Waals surface area contributed by atoms with Gasteiger partial charge in [0.1, 0.15) is 0 Å². The monoisotopic (exact) mass is 779 g/mol. The summed E-state index contributed by atoms with van der Waals surface area (Å²) in [5.74, 6) is 0. The molecular formula is C60H45N. The van der Waals surface area contributed by atoms with E-state index in [-0.39, 0.29) is 12.1 Å². The molecule has 0 aromatic heterocycles. The minimum atomic E-state index is 0.206. The van der Waals surface area contributed by atoms with E-state index in [9.17, 15) is 0 Å². The smallest absolute Gasteiger partial charge is 0.0517 e. The lowest BCUT2D eigenvalue weighted by atomic mass is 9.89. The lowest BCUT2D eigenvalue weighted by molar-refractivity contribution is 0.618. The molecule has 0 aliphatic heterocycles. The van der Waals surface area contributed by atoms with E-state index < -0.39 is 0 Å². The lowest BCUT2D eigenvalue weighted by Gasteiger charge is -2.39. The number of fused-ring (bicyclic) bond motifs is 4. The van der Waals surface area contributed by atoms with Gasteiger partial charge in [-0.3, -0.25) is 0 Å². The Labute approximate surface area is 358 Å². The van der Waals surface area contributed by atoms with E-state index >= 15 is 0 Å². The van der Waals surface area contributed by atoms with E-state index in [1.165, 1.54) is 93.7 Å². The number of anilines is 1. The average Bonchev–Trinajstić information content (AvgIpc) is 3.35. The normalized spacial score (nSPS) is 16.1. The first-order valence-corrected chi connectivity index (χ1v) is 21.5. The maximum Gasteiger partial charge on any atom is 0.0517 e. The zero-order valence-electron chi connectivity index (χ0n) is 34.0. The summed E-state index contributed by atoms with van der Waals surface area (Å²) >= 11 is 0. The van der Waals surface area contributed by atoms with Gasteiger partial charge >= 0.3 is 0 Å². The third-order valence-corrected chi connectivity index (χ3v) is 12.7. The van der Waals surface area contributed by atoms with E-state index in [2.05, 4.69) is 242 Å². The van der Waals surface area contributed by atoms with Crippen molar-refractivity contribution >= 4 is 49.2 Å². The molecular weight excluding hydrogens is 735 g/mol. The standard InChI is InChI=1S/C60H45N/c1-3-12-42(13-4-1)50-32-38-58(45-14-5-2-6-15-45)60(41-50)49-24-22-43(23-25-49)44-28-33-52(34-29-44)61(54-37-39-59-51(40-54)27-26-47-17-8-10-20-56(47)59)53-35-30-48(31-36-53)57-21-11-18-46-16-7-9-19-55(46)57/h1-33,35,37-41,52-53H,34,36H2. The fourth-order valence-electron chi connectivity index (χ4n) is 9.62. The zero-order valence-corrected chi connectivity index (χ0v) is 34.0. The summed E-state index contributed by atoms with van der Waals surface area (Å²) in [6.45, 7) is 0. The van der Waals surface area contributed by atoms with Crippen LogP contribution in [0.1, 0.15) is 24.0 Å². The highest BCUT2D eigenvalue weighted by Crippen LogP contribution is 2.39. The summed E-state index contributed by atoms with van der Waals surface area (Å²) in [7, 11) is 0. The van der Waals surface area contributed by atoms with Crippen molar-refractivity contribution in [3.05, 3.63) is 248 Å². The van der Waals surface area contributed by atoms with Gasteiger partial charge in [0, 0.05) is 5.69 Å². The molecule has 11 rings (SSSR count). The largest absolute Gasteiger partial charge is 0.358 e. The van der Waals surface area contributed by atoms with Gasteiger partial charge in [0.2, 0.25) is 0 Å². The van der Waals surface area contributed by atoms with Crippen LogP contribution < -0.4 is 4.90 Å². The Morgan fingerprint density at radius 2 is 0.885 bits per heavy atom. The number of nitrogens with zero attached hydrogens (tertiary/aromatic N) is 1. The van der Waals surface area contributed by atoms with Crippen LogP contribution in [0.25, 0.3) is 76.8 Å². The number of allylic oxidation sites excluding steroid dienone is 4. The highest BCUT2D eigenvalue weighted by Gasteiger charge is 2.27. The first-order chi connectivity index (χ1) is 30.2. The molecule has 1 heteroatoms. The number of rotatable bonds is 8. The van der Waals surface area contributed by atoms with Gasteiger partial charge in [0.05, 0.1) is 12.1 Å². The highest BCUT2D eigenvalue weighted by molar-refractivity contribution is 6.08. The molecule has 0 amide bonds. The Morgan fingerprint density at radius 1 is 0.328 bits per heavy atom. The molecule has 1 nitrogen and oxygen atoms in total. The van der Waals surface area contributed by atoms with Crippen LogP contribution in [0.15, 0.2) is 237 Å². The van der Waals surface area contributed by atoms with Crippen LogP contribution in [-0.2, 0) is 0 Å².